The fourth-order valence-electron chi connectivity index (χ4n) is 2.03. The Balaban J connectivity index is 2.18. The van der Waals surface area contributed by atoms with Gasteiger partial charge in [0.15, 0.2) is 6.04 Å². The second-order valence-electron chi connectivity index (χ2n) is 4.65. The Bertz CT molecular complexity index is 749. The summed E-state index contributed by atoms with van der Waals surface area (Å²) in [5.74, 6) is -2.63. The van der Waals surface area contributed by atoms with Gasteiger partial charge in [0.25, 0.3) is 0 Å². The summed E-state index contributed by atoms with van der Waals surface area (Å²) in [6.07, 6.45) is 2.82. The van der Waals surface area contributed by atoms with Crippen LogP contribution in [0.1, 0.15) is 5.56 Å². The number of hydrogen-bond acceptors (Lipinski definition) is 3. The Morgan fingerprint density at radius 2 is 1.59 bits per heavy atom. The molecule has 2 aromatic rings. The van der Waals surface area contributed by atoms with Crippen LogP contribution in [0.25, 0.3) is 16.8 Å². The fourth-order valence-corrected chi connectivity index (χ4v) is 2.03. The number of nitrogens with two attached hydrogens (primary N) is 2. The first-order valence-corrected chi connectivity index (χ1v) is 6.54. The minimum Gasteiger partial charge on any atom is -0.367 e. The van der Waals surface area contributed by atoms with Gasteiger partial charge in [-0.3, -0.25) is 14.4 Å². The molecule has 0 aliphatic carbocycles. The summed E-state index contributed by atoms with van der Waals surface area (Å²) in [6, 6.07) is 11.9. The summed E-state index contributed by atoms with van der Waals surface area (Å²) in [6.45, 7) is 0. The molecule has 22 heavy (non-hydrogen) atoms. The van der Waals surface area contributed by atoms with E-state index >= 15 is 0 Å². The van der Waals surface area contributed by atoms with Gasteiger partial charge in [-0.25, -0.2) is 0 Å². The van der Waals surface area contributed by atoms with Gasteiger partial charge >= 0.3 is 0 Å². The number of amides is 3. The number of primary amides is 2. The van der Waals surface area contributed by atoms with Crippen LogP contribution in [0.2, 0.25) is 0 Å². The third-order valence-electron chi connectivity index (χ3n) is 3.09. The summed E-state index contributed by atoms with van der Waals surface area (Å²) in [5.41, 5.74) is 10.8. The Morgan fingerprint density at radius 3 is 2.27 bits per heavy atom. The van der Waals surface area contributed by atoms with E-state index in [0.717, 1.165) is 16.3 Å². The van der Waals surface area contributed by atoms with Crippen LogP contribution in [0.5, 0.6) is 0 Å². The molecule has 3 amide bonds. The molecule has 5 N–H and O–H groups in total. The maximum Gasteiger partial charge on any atom is 0.249 e. The molecule has 0 aliphatic heterocycles. The largest absolute Gasteiger partial charge is 0.367 e. The number of fused-ring (bicyclic) bond motifs is 1. The number of carbonyl (C=O) groups is 3. The molecule has 0 heterocycles. The average molecular weight is 297 g/mol. The van der Waals surface area contributed by atoms with Gasteiger partial charge in [0.05, 0.1) is 0 Å². The van der Waals surface area contributed by atoms with Gasteiger partial charge in [0.2, 0.25) is 17.7 Å². The minimum atomic E-state index is -1.52. The molecule has 2 rings (SSSR count). The van der Waals surface area contributed by atoms with E-state index in [0.29, 0.717) is 0 Å². The van der Waals surface area contributed by atoms with Crippen molar-refractivity contribution >= 4 is 34.6 Å². The van der Waals surface area contributed by atoms with Gasteiger partial charge < -0.3 is 16.8 Å². The Morgan fingerprint density at radius 1 is 0.955 bits per heavy atom. The normalized spacial score (nSPS) is 11.0. The topological polar surface area (TPSA) is 115 Å². The SMILES string of the molecule is NC(=O)C(NC(=O)/C=C/c1cccc2ccccc12)C(N)=O. The quantitative estimate of drug-likeness (QED) is 0.544. The van der Waals surface area contributed by atoms with Crippen molar-refractivity contribution in [2.24, 2.45) is 11.5 Å². The van der Waals surface area contributed by atoms with Gasteiger partial charge in [0, 0.05) is 6.08 Å². The molecule has 6 heteroatoms. The lowest BCUT2D eigenvalue weighted by Gasteiger charge is -2.09. The van der Waals surface area contributed by atoms with Crippen LogP contribution in [0.15, 0.2) is 48.5 Å². The summed E-state index contributed by atoms with van der Waals surface area (Å²) < 4.78 is 0. The molecular weight excluding hydrogens is 282 g/mol. The van der Waals surface area contributed by atoms with Crippen LogP contribution < -0.4 is 16.8 Å². The highest BCUT2D eigenvalue weighted by Crippen LogP contribution is 2.19. The molecule has 0 radical (unpaired) electrons. The lowest BCUT2D eigenvalue weighted by atomic mass is 10.0. The highest BCUT2D eigenvalue weighted by Gasteiger charge is 2.22. The summed E-state index contributed by atoms with van der Waals surface area (Å²) in [7, 11) is 0. The maximum atomic E-state index is 11.8. The molecule has 0 aromatic heterocycles. The predicted octanol–water partition coefficient (Wildman–Crippen LogP) is 0.308. The summed E-state index contributed by atoms with van der Waals surface area (Å²) in [4.78, 5) is 33.8. The minimum absolute atomic E-state index is 0.629. The first kappa shape index (κ1) is 15.2. The molecule has 2 aromatic carbocycles. The molecule has 0 unspecified atom stereocenters. The van der Waals surface area contributed by atoms with E-state index in [1.54, 1.807) is 6.08 Å². The zero-order valence-corrected chi connectivity index (χ0v) is 11.7. The van der Waals surface area contributed by atoms with E-state index in [1.807, 2.05) is 42.5 Å². The van der Waals surface area contributed by atoms with Crippen molar-refractivity contribution in [2.75, 3.05) is 0 Å². The predicted molar refractivity (Wildman–Crippen MR) is 83.3 cm³/mol. The molecule has 0 saturated heterocycles. The molecule has 0 atom stereocenters. The van der Waals surface area contributed by atoms with Crippen molar-refractivity contribution in [3.63, 3.8) is 0 Å². The number of benzene rings is 2. The first-order chi connectivity index (χ1) is 10.5. The molecule has 0 spiro atoms. The molecule has 112 valence electrons. The van der Waals surface area contributed by atoms with E-state index in [-0.39, 0.29) is 0 Å². The zero-order chi connectivity index (χ0) is 16.1. The van der Waals surface area contributed by atoms with Crippen LogP contribution >= 0.6 is 0 Å². The lowest BCUT2D eigenvalue weighted by Crippen LogP contribution is -2.52. The van der Waals surface area contributed by atoms with Crippen molar-refractivity contribution < 1.29 is 14.4 Å². The van der Waals surface area contributed by atoms with Gasteiger partial charge in [-0.2, -0.15) is 0 Å². The fraction of sp³-hybridized carbons (Fsp3) is 0.0625. The van der Waals surface area contributed by atoms with Gasteiger partial charge in [-0.05, 0) is 22.4 Å². The zero-order valence-electron chi connectivity index (χ0n) is 11.7. The lowest BCUT2D eigenvalue weighted by molar-refractivity contribution is -0.132. The van der Waals surface area contributed by atoms with Gasteiger partial charge in [-0.1, -0.05) is 42.5 Å². The molecule has 0 fully saturated rings. The molecule has 0 bridgehead atoms. The molecule has 0 saturated carbocycles. The third kappa shape index (κ3) is 3.49. The van der Waals surface area contributed by atoms with E-state index in [2.05, 4.69) is 5.32 Å². The van der Waals surface area contributed by atoms with Crippen LogP contribution in [0.3, 0.4) is 0 Å². The molecule has 0 aliphatic rings. The Hall–Kier alpha value is -3.15. The van der Waals surface area contributed by atoms with Crippen LogP contribution in [-0.4, -0.2) is 23.8 Å². The van der Waals surface area contributed by atoms with E-state index < -0.39 is 23.8 Å². The number of carbonyl (C=O) groups excluding carboxylic acids is 3. The smallest absolute Gasteiger partial charge is 0.249 e. The van der Waals surface area contributed by atoms with Crippen LogP contribution in [-0.2, 0) is 14.4 Å². The van der Waals surface area contributed by atoms with Crippen molar-refractivity contribution in [3.8, 4) is 0 Å². The molecule has 6 nitrogen and oxygen atoms in total. The van der Waals surface area contributed by atoms with E-state index in [4.69, 9.17) is 11.5 Å². The summed E-state index contributed by atoms with van der Waals surface area (Å²) in [5, 5.41) is 4.18. The van der Waals surface area contributed by atoms with Gasteiger partial charge in [0.1, 0.15) is 0 Å². The standard InChI is InChI=1S/C16H15N3O3/c17-15(21)14(16(18)22)19-13(20)9-8-11-6-3-5-10-4-1-2-7-12(10)11/h1-9,14H,(H2,17,21)(H2,18,22)(H,19,20)/b9-8+. The van der Waals surface area contributed by atoms with Crippen molar-refractivity contribution in [3.05, 3.63) is 54.1 Å². The van der Waals surface area contributed by atoms with Crippen molar-refractivity contribution in [2.45, 2.75) is 6.04 Å². The number of nitrogens with one attached hydrogen (secondary N) is 1. The van der Waals surface area contributed by atoms with Crippen LogP contribution in [0, 0.1) is 0 Å². The van der Waals surface area contributed by atoms with Gasteiger partial charge in [-0.15, -0.1) is 0 Å². The number of rotatable bonds is 5. The second-order valence-corrected chi connectivity index (χ2v) is 4.65. The summed E-state index contributed by atoms with van der Waals surface area (Å²) >= 11 is 0. The maximum absolute atomic E-state index is 11.8. The third-order valence-corrected chi connectivity index (χ3v) is 3.09. The monoisotopic (exact) mass is 297 g/mol. The van der Waals surface area contributed by atoms with Crippen molar-refractivity contribution in [1.82, 2.24) is 5.32 Å². The van der Waals surface area contributed by atoms with E-state index in [9.17, 15) is 14.4 Å². The van der Waals surface area contributed by atoms with Crippen LogP contribution in [0.4, 0.5) is 0 Å². The first-order valence-electron chi connectivity index (χ1n) is 6.54. The van der Waals surface area contributed by atoms with Crippen molar-refractivity contribution in [1.29, 1.82) is 0 Å². The molecular formula is C16H15N3O3. The Labute approximate surface area is 126 Å². The average Bonchev–Trinajstić information content (AvgIpc) is 2.49. The highest BCUT2D eigenvalue weighted by molar-refractivity contribution is 6.07. The Kier molecular flexibility index (Phi) is 4.53. The second kappa shape index (κ2) is 6.53. The number of hydrogen-bond donors (Lipinski definition) is 3. The highest BCUT2D eigenvalue weighted by atomic mass is 16.2. The van der Waals surface area contributed by atoms with E-state index in [1.165, 1.54) is 6.08 Å².